The average molecular weight is 425 g/mol. The van der Waals surface area contributed by atoms with Gasteiger partial charge in [-0.3, -0.25) is 4.79 Å². The zero-order chi connectivity index (χ0) is 18.8. The highest BCUT2D eigenvalue weighted by atomic mass is 79.9. The van der Waals surface area contributed by atoms with Gasteiger partial charge in [0, 0.05) is 10.2 Å². The molecular weight excluding hydrogens is 404 g/mol. The van der Waals surface area contributed by atoms with E-state index in [-0.39, 0.29) is 4.90 Å². The maximum atomic E-state index is 12.4. The second kappa shape index (κ2) is 7.68. The van der Waals surface area contributed by atoms with Gasteiger partial charge in [-0.25, -0.2) is 8.42 Å². The van der Waals surface area contributed by atoms with Gasteiger partial charge in [0.15, 0.2) is 0 Å². The minimum absolute atomic E-state index is 0.109. The van der Waals surface area contributed by atoms with Crippen LogP contribution in [0.15, 0.2) is 45.8 Å². The first-order chi connectivity index (χ1) is 11.6. The topological polar surface area (TPSA) is 75.3 Å². The van der Waals surface area contributed by atoms with Crippen molar-refractivity contribution in [3.05, 3.63) is 57.6 Å². The van der Waals surface area contributed by atoms with E-state index in [2.05, 4.69) is 26.0 Å². The van der Waals surface area contributed by atoms with Crippen molar-refractivity contribution in [1.29, 1.82) is 0 Å². The highest BCUT2D eigenvalue weighted by molar-refractivity contribution is 9.10. The Labute approximate surface area is 157 Å². The standard InChI is InChI=1S/C18H21BrN2O3S/c1-11-9-12(2)17(13(3)10-11)20-18(22)14(4)21-25(23,24)16-7-5-15(19)6-8-16/h5-10,14,21H,1-4H3,(H,20,22)/t14-/m1/s1. The summed E-state index contributed by atoms with van der Waals surface area (Å²) in [5, 5.41) is 2.82. The lowest BCUT2D eigenvalue weighted by Crippen LogP contribution is -2.41. The van der Waals surface area contributed by atoms with Crippen molar-refractivity contribution in [3.63, 3.8) is 0 Å². The second-order valence-electron chi connectivity index (χ2n) is 6.06. The van der Waals surface area contributed by atoms with Crippen molar-refractivity contribution < 1.29 is 13.2 Å². The molecule has 2 aromatic carbocycles. The Morgan fingerprint density at radius 3 is 2.08 bits per heavy atom. The molecule has 0 bridgehead atoms. The third-order valence-corrected chi connectivity index (χ3v) is 5.86. The summed E-state index contributed by atoms with van der Waals surface area (Å²) in [5.74, 6) is -0.407. The summed E-state index contributed by atoms with van der Waals surface area (Å²) in [5.41, 5.74) is 3.70. The van der Waals surface area contributed by atoms with E-state index in [1.54, 1.807) is 12.1 Å². The van der Waals surface area contributed by atoms with Crippen LogP contribution in [0.1, 0.15) is 23.6 Å². The van der Waals surface area contributed by atoms with Crippen LogP contribution < -0.4 is 10.0 Å². The molecule has 5 nitrogen and oxygen atoms in total. The summed E-state index contributed by atoms with van der Waals surface area (Å²) in [6.45, 7) is 7.32. The predicted molar refractivity (Wildman–Crippen MR) is 103 cm³/mol. The SMILES string of the molecule is Cc1cc(C)c(NC(=O)[C@@H](C)NS(=O)(=O)c2ccc(Br)cc2)c(C)c1. The lowest BCUT2D eigenvalue weighted by molar-refractivity contribution is -0.117. The molecule has 1 atom stereocenters. The number of rotatable bonds is 5. The molecular formula is C18H21BrN2O3S. The minimum Gasteiger partial charge on any atom is -0.324 e. The molecule has 25 heavy (non-hydrogen) atoms. The fourth-order valence-corrected chi connectivity index (χ4v) is 4.04. The molecule has 0 unspecified atom stereocenters. The molecule has 7 heteroatoms. The van der Waals surface area contributed by atoms with Gasteiger partial charge in [-0.05, 0) is 63.1 Å². The van der Waals surface area contributed by atoms with Crippen molar-refractivity contribution in [2.24, 2.45) is 0 Å². The normalized spacial score (nSPS) is 12.7. The third-order valence-electron chi connectivity index (χ3n) is 3.77. The molecule has 0 heterocycles. The monoisotopic (exact) mass is 424 g/mol. The highest BCUT2D eigenvalue weighted by Gasteiger charge is 2.22. The summed E-state index contributed by atoms with van der Waals surface area (Å²) in [4.78, 5) is 12.5. The number of aryl methyl sites for hydroxylation is 3. The lowest BCUT2D eigenvalue weighted by atomic mass is 10.0. The third kappa shape index (κ3) is 4.90. The number of sulfonamides is 1. The van der Waals surface area contributed by atoms with E-state index < -0.39 is 22.0 Å². The minimum atomic E-state index is -3.77. The Kier molecular flexibility index (Phi) is 6.03. The molecule has 0 saturated heterocycles. The number of carbonyl (C=O) groups is 1. The van der Waals surface area contributed by atoms with E-state index in [9.17, 15) is 13.2 Å². The summed E-state index contributed by atoms with van der Waals surface area (Å²) in [6.07, 6.45) is 0. The van der Waals surface area contributed by atoms with Crippen molar-refractivity contribution in [2.45, 2.75) is 38.6 Å². The smallest absolute Gasteiger partial charge is 0.242 e. The summed E-state index contributed by atoms with van der Waals surface area (Å²) >= 11 is 3.26. The maximum Gasteiger partial charge on any atom is 0.242 e. The molecule has 0 aliphatic rings. The number of nitrogens with one attached hydrogen (secondary N) is 2. The summed E-state index contributed by atoms with van der Waals surface area (Å²) < 4.78 is 28.0. The molecule has 2 rings (SSSR count). The quantitative estimate of drug-likeness (QED) is 0.768. The van der Waals surface area contributed by atoms with Gasteiger partial charge in [0.05, 0.1) is 10.9 Å². The molecule has 2 aromatic rings. The molecule has 0 aliphatic heterocycles. The van der Waals surface area contributed by atoms with Crippen molar-refractivity contribution >= 4 is 37.5 Å². The number of amides is 1. The van der Waals surface area contributed by atoms with Crippen molar-refractivity contribution in [1.82, 2.24) is 4.72 Å². The lowest BCUT2D eigenvalue weighted by Gasteiger charge is -2.17. The van der Waals surface area contributed by atoms with Gasteiger partial charge < -0.3 is 5.32 Å². The van der Waals surface area contributed by atoms with Crippen LogP contribution in [0.2, 0.25) is 0 Å². The molecule has 0 fully saturated rings. The van der Waals surface area contributed by atoms with Crippen LogP contribution >= 0.6 is 15.9 Å². The van der Waals surface area contributed by atoms with Crippen LogP contribution in [0.5, 0.6) is 0 Å². The van der Waals surface area contributed by atoms with E-state index in [1.165, 1.54) is 19.1 Å². The van der Waals surface area contributed by atoms with E-state index in [0.29, 0.717) is 5.69 Å². The van der Waals surface area contributed by atoms with Gasteiger partial charge in [0.2, 0.25) is 15.9 Å². The number of benzene rings is 2. The molecule has 0 spiro atoms. The summed E-state index contributed by atoms with van der Waals surface area (Å²) in [7, 11) is -3.77. The van der Waals surface area contributed by atoms with Gasteiger partial charge in [0.1, 0.15) is 0 Å². The number of hydrogen-bond donors (Lipinski definition) is 2. The Hall–Kier alpha value is -1.70. The fourth-order valence-electron chi connectivity index (χ4n) is 2.58. The molecule has 2 N–H and O–H groups in total. The van der Waals surface area contributed by atoms with Crippen molar-refractivity contribution in [2.75, 3.05) is 5.32 Å². The van der Waals surface area contributed by atoms with Crippen LogP contribution in [-0.4, -0.2) is 20.4 Å². The van der Waals surface area contributed by atoms with Gasteiger partial charge in [-0.15, -0.1) is 0 Å². The first kappa shape index (κ1) is 19.6. The molecule has 0 aromatic heterocycles. The Morgan fingerprint density at radius 1 is 1.04 bits per heavy atom. The molecule has 0 aliphatic carbocycles. The van der Waals surface area contributed by atoms with Gasteiger partial charge >= 0.3 is 0 Å². The van der Waals surface area contributed by atoms with Crippen LogP contribution in [-0.2, 0) is 14.8 Å². The summed E-state index contributed by atoms with van der Waals surface area (Å²) in [6, 6.07) is 9.26. The van der Waals surface area contributed by atoms with Crippen molar-refractivity contribution in [3.8, 4) is 0 Å². The zero-order valence-corrected chi connectivity index (χ0v) is 17.0. The molecule has 134 valence electrons. The Bertz CT molecular complexity index is 870. The van der Waals surface area contributed by atoms with E-state index in [0.717, 1.165) is 21.2 Å². The number of hydrogen-bond acceptors (Lipinski definition) is 3. The number of halogens is 1. The maximum absolute atomic E-state index is 12.4. The van der Waals surface area contributed by atoms with Crippen LogP contribution in [0.4, 0.5) is 5.69 Å². The van der Waals surface area contributed by atoms with Crippen LogP contribution in [0.3, 0.4) is 0 Å². The van der Waals surface area contributed by atoms with Gasteiger partial charge in [-0.1, -0.05) is 33.6 Å². The Balaban J connectivity index is 2.14. The van der Waals surface area contributed by atoms with E-state index >= 15 is 0 Å². The first-order valence-corrected chi connectivity index (χ1v) is 10.0. The Morgan fingerprint density at radius 2 is 1.56 bits per heavy atom. The van der Waals surface area contributed by atoms with E-state index in [1.807, 2.05) is 32.9 Å². The first-order valence-electron chi connectivity index (χ1n) is 7.77. The predicted octanol–water partition coefficient (Wildman–Crippen LogP) is 3.68. The average Bonchev–Trinajstić information content (AvgIpc) is 2.50. The molecule has 1 amide bonds. The number of anilines is 1. The van der Waals surface area contributed by atoms with Gasteiger partial charge in [0.25, 0.3) is 0 Å². The molecule has 0 radical (unpaired) electrons. The largest absolute Gasteiger partial charge is 0.324 e. The molecule has 0 saturated carbocycles. The van der Waals surface area contributed by atoms with Gasteiger partial charge in [-0.2, -0.15) is 4.72 Å². The van der Waals surface area contributed by atoms with Crippen LogP contribution in [0, 0.1) is 20.8 Å². The van der Waals surface area contributed by atoms with E-state index in [4.69, 9.17) is 0 Å². The second-order valence-corrected chi connectivity index (χ2v) is 8.69. The van der Waals surface area contributed by atoms with Crippen LogP contribution in [0.25, 0.3) is 0 Å². The zero-order valence-electron chi connectivity index (χ0n) is 14.6. The highest BCUT2D eigenvalue weighted by Crippen LogP contribution is 2.22. The fraction of sp³-hybridized carbons (Fsp3) is 0.278. The number of carbonyl (C=O) groups excluding carboxylic acids is 1.